The van der Waals surface area contributed by atoms with E-state index in [-0.39, 0.29) is 6.03 Å². The van der Waals surface area contributed by atoms with Crippen LogP contribution in [-0.4, -0.2) is 77.6 Å². The second-order valence-corrected chi connectivity index (χ2v) is 7.14. The number of hydrogen-bond donors (Lipinski definition) is 1. The molecule has 0 spiro atoms. The maximum absolute atomic E-state index is 12.5. The third kappa shape index (κ3) is 4.95. The summed E-state index contributed by atoms with van der Waals surface area (Å²) < 4.78 is 7.42. The van der Waals surface area contributed by atoms with E-state index in [2.05, 4.69) is 28.3 Å². The molecule has 1 aromatic heterocycles. The van der Waals surface area contributed by atoms with Gasteiger partial charge in [-0.15, -0.1) is 0 Å². The molecular weight excluding hydrogens is 318 g/mol. The Labute approximate surface area is 150 Å². The number of likely N-dealkylation sites (tertiary alicyclic amines) is 1. The topological polar surface area (TPSA) is 62.6 Å². The van der Waals surface area contributed by atoms with Gasteiger partial charge in [0.15, 0.2) is 0 Å². The Morgan fingerprint density at radius 3 is 2.84 bits per heavy atom. The first-order valence-corrected chi connectivity index (χ1v) is 9.49. The van der Waals surface area contributed by atoms with E-state index in [4.69, 9.17) is 4.74 Å². The number of carbonyl (C=O) groups is 1. The first-order valence-electron chi connectivity index (χ1n) is 9.49. The molecule has 1 unspecified atom stereocenters. The van der Waals surface area contributed by atoms with E-state index in [0.29, 0.717) is 12.6 Å². The number of hydrogen-bond acceptors (Lipinski definition) is 4. The minimum absolute atomic E-state index is 0.0872. The van der Waals surface area contributed by atoms with Gasteiger partial charge >= 0.3 is 6.03 Å². The van der Waals surface area contributed by atoms with Crippen LogP contribution in [-0.2, 0) is 11.3 Å². The third-order valence-corrected chi connectivity index (χ3v) is 5.14. The highest BCUT2D eigenvalue weighted by molar-refractivity contribution is 5.74. The van der Waals surface area contributed by atoms with E-state index < -0.39 is 0 Å². The number of nitrogens with zero attached hydrogens (tertiary/aromatic N) is 4. The van der Waals surface area contributed by atoms with Gasteiger partial charge in [-0.25, -0.2) is 4.79 Å². The van der Waals surface area contributed by atoms with Crippen molar-refractivity contribution in [3.63, 3.8) is 0 Å². The van der Waals surface area contributed by atoms with Crippen LogP contribution in [0.15, 0.2) is 6.07 Å². The normalized spacial score (nSPS) is 21.7. The highest BCUT2D eigenvalue weighted by atomic mass is 16.5. The predicted octanol–water partition coefficient (Wildman–Crippen LogP) is 1.40. The monoisotopic (exact) mass is 349 g/mol. The summed E-state index contributed by atoms with van der Waals surface area (Å²) >= 11 is 0. The Bertz CT molecular complexity index is 568. The molecule has 7 heteroatoms. The Morgan fingerprint density at radius 2 is 2.12 bits per heavy atom. The second-order valence-electron chi connectivity index (χ2n) is 7.14. The SMILES string of the molecule is Cc1cc(C)n(CCCNC(=O)N2CCCC2CN2CCOCC2)n1. The summed E-state index contributed by atoms with van der Waals surface area (Å²) in [5.41, 5.74) is 2.22. The van der Waals surface area contributed by atoms with Crippen molar-refractivity contribution in [3.8, 4) is 0 Å². The number of ether oxygens (including phenoxy) is 1. The maximum Gasteiger partial charge on any atom is 0.317 e. The van der Waals surface area contributed by atoms with E-state index >= 15 is 0 Å². The number of morpholine rings is 1. The molecule has 1 atom stereocenters. The molecule has 0 bridgehead atoms. The molecule has 3 heterocycles. The highest BCUT2D eigenvalue weighted by Crippen LogP contribution is 2.18. The predicted molar refractivity (Wildman–Crippen MR) is 96.7 cm³/mol. The number of amides is 2. The summed E-state index contributed by atoms with van der Waals surface area (Å²) in [6, 6.07) is 2.51. The van der Waals surface area contributed by atoms with Crippen LogP contribution < -0.4 is 5.32 Å². The van der Waals surface area contributed by atoms with Gasteiger partial charge in [0.2, 0.25) is 0 Å². The van der Waals surface area contributed by atoms with Crippen molar-refractivity contribution in [1.82, 2.24) is 24.9 Å². The summed E-state index contributed by atoms with van der Waals surface area (Å²) in [7, 11) is 0. The van der Waals surface area contributed by atoms with Crippen LogP contribution >= 0.6 is 0 Å². The van der Waals surface area contributed by atoms with Crippen LogP contribution in [0.1, 0.15) is 30.7 Å². The maximum atomic E-state index is 12.5. The average Bonchev–Trinajstić information content (AvgIpc) is 3.18. The fraction of sp³-hybridized carbons (Fsp3) is 0.778. The zero-order chi connectivity index (χ0) is 17.6. The molecule has 2 aliphatic rings. The first-order chi connectivity index (χ1) is 12.1. The summed E-state index contributed by atoms with van der Waals surface area (Å²) in [4.78, 5) is 17.0. The van der Waals surface area contributed by atoms with Gasteiger partial charge in [0.05, 0.1) is 18.9 Å². The van der Waals surface area contributed by atoms with Crippen LogP contribution in [0.4, 0.5) is 4.79 Å². The Hall–Kier alpha value is -1.60. The first kappa shape index (κ1) is 18.2. The quantitative estimate of drug-likeness (QED) is 0.789. The van der Waals surface area contributed by atoms with Gasteiger partial charge in [-0.2, -0.15) is 5.10 Å². The van der Waals surface area contributed by atoms with Crippen LogP contribution in [0, 0.1) is 13.8 Å². The molecule has 2 amide bonds. The van der Waals surface area contributed by atoms with Crippen LogP contribution in [0.25, 0.3) is 0 Å². The van der Waals surface area contributed by atoms with E-state index in [1.165, 1.54) is 5.69 Å². The fourth-order valence-electron chi connectivity index (χ4n) is 3.80. The zero-order valence-corrected chi connectivity index (χ0v) is 15.5. The third-order valence-electron chi connectivity index (χ3n) is 5.14. The van der Waals surface area contributed by atoms with Crippen molar-refractivity contribution in [2.45, 2.75) is 45.7 Å². The molecule has 2 saturated heterocycles. The van der Waals surface area contributed by atoms with Gasteiger partial charge in [-0.3, -0.25) is 9.58 Å². The standard InChI is InChI=1S/C18H31N5O2/c1-15-13-16(2)23(20-15)8-4-6-19-18(24)22-7-3-5-17(22)14-21-9-11-25-12-10-21/h13,17H,3-12,14H2,1-2H3,(H,19,24). The van der Waals surface area contributed by atoms with Crippen LogP contribution in [0.2, 0.25) is 0 Å². The number of aromatic nitrogens is 2. The lowest BCUT2D eigenvalue weighted by molar-refractivity contribution is 0.0292. The van der Waals surface area contributed by atoms with Crippen LogP contribution in [0.5, 0.6) is 0 Å². The van der Waals surface area contributed by atoms with Crippen molar-refractivity contribution in [2.75, 3.05) is 45.9 Å². The molecule has 140 valence electrons. The van der Waals surface area contributed by atoms with Crippen molar-refractivity contribution < 1.29 is 9.53 Å². The number of aryl methyl sites for hydroxylation is 3. The molecule has 1 N–H and O–H groups in total. The summed E-state index contributed by atoms with van der Waals surface area (Å²) in [6.07, 6.45) is 3.11. The van der Waals surface area contributed by atoms with E-state index in [9.17, 15) is 4.79 Å². The van der Waals surface area contributed by atoms with Crippen LogP contribution in [0.3, 0.4) is 0 Å². The second kappa shape index (κ2) is 8.67. The molecular formula is C18H31N5O2. The summed E-state index contributed by atoms with van der Waals surface area (Å²) in [5.74, 6) is 0. The molecule has 3 rings (SSSR count). The fourth-order valence-corrected chi connectivity index (χ4v) is 3.80. The lowest BCUT2D eigenvalue weighted by Crippen LogP contribution is -2.49. The van der Waals surface area contributed by atoms with Crippen molar-refractivity contribution in [3.05, 3.63) is 17.5 Å². The van der Waals surface area contributed by atoms with Gasteiger partial charge in [0.1, 0.15) is 0 Å². The molecule has 2 aliphatic heterocycles. The van der Waals surface area contributed by atoms with Crippen molar-refractivity contribution >= 4 is 6.03 Å². The molecule has 2 fully saturated rings. The van der Waals surface area contributed by atoms with Gasteiger partial charge < -0.3 is 15.0 Å². The average molecular weight is 349 g/mol. The summed E-state index contributed by atoms with van der Waals surface area (Å²) in [5, 5.41) is 7.55. The number of urea groups is 1. The van der Waals surface area contributed by atoms with Gasteiger partial charge in [-0.1, -0.05) is 0 Å². The van der Waals surface area contributed by atoms with E-state index in [1.807, 2.05) is 16.5 Å². The lowest BCUT2D eigenvalue weighted by atomic mass is 10.2. The number of carbonyl (C=O) groups excluding carboxylic acids is 1. The summed E-state index contributed by atoms with van der Waals surface area (Å²) in [6.45, 7) is 11.0. The molecule has 0 saturated carbocycles. The van der Waals surface area contributed by atoms with Gasteiger partial charge in [0, 0.05) is 51.0 Å². The van der Waals surface area contributed by atoms with E-state index in [1.54, 1.807) is 0 Å². The molecule has 0 radical (unpaired) electrons. The van der Waals surface area contributed by atoms with Crippen molar-refractivity contribution in [1.29, 1.82) is 0 Å². The van der Waals surface area contributed by atoms with Crippen molar-refractivity contribution in [2.24, 2.45) is 0 Å². The minimum Gasteiger partial charge on any atom is -0.379 e. The largest absolute Gasteiger partial charge is 0.379 e. The molecule has 0 aliphatic carbocycles. The Balaban J connectivity index is 1.40. The number of rotatable bonds is 6. The zero-order valence-electron chi connectivity index (χ0n) is 15.5. The minimum atomic E-state index is 0.0872. The van der Waals surface area contributed by atoms with Gasteiger partial charge in [-0.05, 0) is 39.2 Å². The number of nitrogens with one attached hydrogen (secondary N) is 1. The van der Waals surface area contributed by atoms with E-state index in [0.717, 1.165) is 70.9 Å². The molecule has 25 heavy (non-hydrogen) atoms. The molecule has 7 nitrogen and oxygen atoms in total. The Kier molecular flexibility index (Phi) is 6.31. The van der Waals surface area contributed by atoms with Gasteiger partial charge in [0.25, 0.3) is 0 Å². The lowest BCUT2D eigenvalue weighted by Gasteiger charge is -2.32. The highest BCUT2D eigenvalue weighted by Gasteiger charge is 2.30. The molecule has 1 aromatic rings. The Morgan fingerprint density at radius 1 is 1.32 bits per heavy atom. The molecule has 0 aromatic carbocycles. The smallest absolute Gasteiger partial charge is 0.317 e.